The van der Waals surface area contributed by atoms with Crippen LogP contribution >= 0.6 is 12.2 Å². The quantitative estimate of drug-likeness (QED) is 0.841. The van der Waals surface area contributed by atoms with Gasteiger partial charge in [-0.1, -0.05) is 44.2 Å². The number of aromatic nitrogens is 3. The van der Waals surface area contributed by atoms with E-state index >= 15 is 0 Å². The Morgan fingerprint density at radius 1 is 1.29 bits per heavy atom. The van der Waals surface area contributed by atoms with Gasteiger partial charge in [0.1, 0.15) is 5.82 Å². The summed E-state index contributed by atoms with van der Waals surface area (Å²) < 4.78 is 2.80. The van der Waals surface area contributed by atoms with Gasteiger partial charge >= 0.3 is 0 Å². The Kier molecular flexibility index (Phi) is 3.74. The van der Waals surface area contributed by atoms with Crippen molar-refractivity contribution >= 4 is 12.2 Å². The molecule has 2 rings (SSSR count). The van der Waals surface area contributed by atoms with E-state index in [0.717, 1.165) is 18.8 Å². The van der Waals surface area contributed by atoms with Crippen LogP contribution in [0, 0.1) is 4.77 Å². The second kappa shape index (κ2) is 5.27. The highest BCUT2D eigenvalue weighted by Crippen LogP contribution is 2.12. The lowest BCUT2D eigenvalue weighted by Crippen LogP contribution is -2.07. The summed E-state index contributed by atoms with van der Waals surface area (Å²) in [6.07, 6.45) is 0.981. The van der Waals surface area contributed by atoms with Crippen LogP contribution in [-0.4, -0.2) is 14.8 Å². The van der Waals surface area contributed by atoms with Crippen molar-refractivity contribution in [3.8, 4) is 0 Å². The number of aromatic amines is 1. The molecule has 0 aliphatic carbocycles. The van der Waals surface area contributed by atoms with Gasteiger partial charge in [-0.05, 0) is 24.2 Å². The monoisotopic (exact) mass is 247 g/mol. The van der Waals surface area contributed by atoms with Gasteiger partial charge in [-0.2, -0.15) is 5.10 Å². The van der Waals surface area contributed by atoms with Crippen LogP contribution in [0.15, 0.2) is 30.3 Å². The molecular formula is C13H17N3S. The minimum Gasteiger partial charge on any atom is -0.304 e. The summed E-state index contributed by atoms with van der Waals surface area (Å²) in [4.78, 5) is 0. The topological polar surface area (TPSA) is 33.6 Å². The molecule has 0 amide bonds. The van der Waals surface area contributed by atoms with E-state index in [1.165, 1.54) is 5.56 Å². The first-order chi connectivity index (χ1) is 8.18. The number of hydrogen-bond acceptors (Lipinski definition) is 2. The molecule has 17 heavy (non-hydrogen) atoms. The molecule has 90 valence electrons. The van der Waals surface area contributed by atoms with Crippen molar-refractivity contribution in [2.24, 2.45) is 0 Å². The third kappa shape index (κ3) is 2.82. The Bertz CT molecular complexity index is 525. The highest BCUT2D eigenvalue weighted by atomic mass is 32.1. The second-order valence-corrected chi connectivity index (χ2v) is 4.82. The Labute approximate surface area is 106 Å². The van der Waals surface area contributed by atoms with Gasteiger partial charge in [-0.15, -0.1) is 0 Å². The van der Waals surface area contributed by atoms with E-state index in [9.17, 15) is 0 Å². The standard InChI is InChI=1S/C13H17N3S/c1-10(2)12-14-15-13(17)16(12)9-8-11-6-4-3-5-7-11/h3-7,10H,8-9H2,1-2H3,(H,15,17). The molecule has 0 aliphatic heterocycles. The van der Waals surface area contributed by atoms with Gasteiger partial charge in [-0.25, -0.2) is 0 Å². The van der Waals surface area contributed by atoms with Crippen molar-refractivity contribution in [2.75, 3.05) is 0 Å². The number of nitrogens with one attached hydrogen (secondary N) is 1. The Morgan fingerprint density at radius 2 is 2.00 bits per heavy atom. The van der Waals surface area contributed by atoms with Crippen LogP contribution in [0.3, 0.4) is 0 Å². The Hall–Kier alpha value is -1.42. The van der Waals surface area contributed by atoms with Gasteiger partial charge in [-0.3, -0.25) is 5.10 Å². The van der Waals surface area contributed by atoms with Gasteiger partial charge in [0.05, 0.1) is 0 Å². The third-order valence-corrected chi connectivity index (χ3v) is 3.08. The van der Waals surface area contributed by atoms with Crippen LogP contribution < -0.4 is 0 Å². The molecule has 0 saturated heterocycles. The van der Waals surface area contributed by atoms with Crippen molar-refractivity contribution in [1.29, 1.82) is 0 Å². The highest BCUT2D eigenvalue weighted by Gasteiger charge is 2.09. The molecule has 0 bridgehead atoms. The zero-order valence-electron chi connectivity index (χ0n) is 10.2. The van der Waals surface area contributed by atoms with E-state index in [-0.39, 0.29) is 0 Å². The third-order valence-electron chi connectivity index (χ3n) is 2.77. The minimum atomic E-state index is 0.388. The van der Waals surface area contributed by atoms with Gasteiger partial charge in [0.25, 0.3) is 0 Å². The summed E-state index contributed by atoms with van der Waals surface area (Å²) in [6.45, 7) is 5.14. The SMILES string of the molecule is CC(C)c1n[nH]c(=S)n1CCc1ccccc1. The average Bonchev–Trinajstić information content (AvgIpc) is 2.69. The number of aryl methyl sites for hydroxylation is 1. The van der Waals surface area contributed by atoms with Gasteiger partial charge in [0.15, 0.2) is 4.77 Å². The van der Waals surface area contributed by atoms with E-state index in [1.807, 2.05) is 6.07 Å². The molecule has 1 aromatic heterocycles. The van der Waals surface area contributed by atoms with Crippen LogP contribution in [0.4, 0.5) is 0 Å². The maximum atomic E-state index is 5.25. The largest absolute Gasteiger partial charge is 0.304 e. The van der Waals surface area contributed by atoms with Crippen LogP contribution in [0.5, 0.6) is 0 Å². The number of nitrogens with zero attached hydrogens (tertiary/aromatic N) is 2. The van der Waals surface area contributed by atoms with E-state index < -0.39 is 0 Å². The molecule has 0 saturated carbocycles. The van der Waals surface area contributed by atoms with E-state index in [2.05, 4.69) is 52.9 Å². The summed E-state index contributed by atoms with van der Waals surface area (Å²) in [6, 6.07) is 10.4. The smallest absolute Gasteiger partial charge is 0.195 e. The molecule has 0 spiro atoms. The molecule has 0 aliphatic rings. The van der Waals surface area contributed by atoms with Crippen molar-refractivity contribution in [1.82, 2.24) is 14.8 Å². The molecule has 0 radical (unpaired) electrons. The first-order valence-corrected chi connectivity index (χ1v) is 6.28. The average molecular weight is 247 g/mol. The van der Waals surface area contributed by atoms with Gasteiger partial charge < -0.3 is 4.57 Å². The molecule has 4 heteroatoms. The first kappa shape index (κ1) is 12.0. The molecule has 3 nitrogen and oxygen atoms in total. The Morgan fingerprint density at radius 3 is 2.65 bits per heavy atom. The highest BCUT2D eigenvalue weighted by molar-refractivity contribution is 7.71. The summed E-state index contributed by atoms with van der Waals surface area (Å²) in [5.74, 6) is 1.42. The second-order valence-electron chi connectivity index (χ2n) is 4.43. The lowest BCUT2D eigenvalue weighted by atomic mass is 10.1. The molecule has 1 heterocycles. The normalized spacial score (nSPS) is 11.0. The molecule has 0 unspecified atom stereocenters. The summed E-state index contributed by atoms with van der Waals surface area (Å²) in [5.41, 5.74) is 1.32. The zero-order valence-corrected chi connectivity index (χ0v) is 11.0. The zero-order chi connectivity index (χ0) is 12.3. The lowest BCUT2D eigenvalue weighted by Gasteiger charge is -2.08. The summed E-state index contributed by atoms with van der Waals surface area (Å²) in [5, 5.41) is 7.14. The maximum Gasteiger partial charge on any atom is 0.195 e. The van der Waals surface area contributed by atoms with Crippen molar-refractivity contribution in [3.63, 3.8) is 0 Å². The number of hydrogen-bond donors (Lipinski definition) is 1. The van der Waals surface area contributed by atoms with Crippen molar-refractivity contribution in [2.45, 2.75) is 32.7 Å². The van der Waals surface area contributed by atoms with E-state index in [0.29, 0.717) is 10.7 Å². The van der Waals surface area contributed by atoms with Crippen LogP contribution in [0.25, 0.3) is 0 Å². The van der Waals surface area contributed by atoms with Crippen LogP contribution in [0.2, 0.25) is 0 Å². The summed E-state index contributed by atoms with van der Waals surface area (Å²) in [7, 11) is 0. The van der Waals surface area contributed by atoms with Crippen LogP contribution in [0.1, 0.15) is 31.2 Å². The molecule has 1 aromatic carbocycles. The Balaban J connectivity index is 2.14. The van der Waals surface area contributed by atoms with E-state index in [1.54, 1.807) is 0 Å². The van der Waals surface area contributed by atoms with Crippen LogP contribution in [-0.2, 0) is 13.0 Å². The predicted octanol–water partition coefficient (Wildman–Crippen LogP) is 3.31. The fourth-order valence-corrected chi connectivity index (χ4v) is 2.10. The fourth-order valence-electron chi connectivity index (χ4n) is 1.87. The minimum absolute atomic E-state index is 0.388. The van der Waals surface area contributed by atoms with Crippen molar-refractivity contribution < 1.29 is 0 Å². The molecule has 2 aromatic rings. The van der Waals surface area contributed by atoms with Gasteiger partial charge in [0, 0.05) is 12.5 Å². The fraction of sp³-hybridized carbons (Fsp3) is 0.385. The lowest BCUT2D eigenvalue weighted by molar-refractivity contribution is 0.614. The summed E-state index contributed by atoms with van der Waals surface area (Å²) >= 11 is 5.25. The maximum absolute atomic E-state index is 5.25. The predicted molar refractivity (Wildman–Crippen MR) is 71.6 cm³/mol. The number of H-pyrrole nitrogens is 1. The molecule has 1 N–H and O–H groups in total. The van der Waals surface area contributed by atoms with Gasteiger partial charge in [0.2, 0.25) is 0 Å². The number of rotatable bonds is 4. The molecular weight excluding hydrogens is 230 g/mol. The number of benzene rings is 1. The molecule has 0 fully saturated rings. The first-order valence-electron chi connectivity index (χ1n) is 5.87. The molecule has 0 atom stereocenters. The van der Waals surface area contributed by atoms with E-state index in [4.69, 9.17) is 12.2 Å². The van der Waals surface area contributed by atoms with Crippen molar-refractivity contribution in [3.05, 3.63) is 46.5 Å².